The van der Waals surface area contributed by atoms with Crippen LogP contribution in [0.5, 0.6) is 0 Å². The van der Waals surface area contributed by atoms with Crippen LogP contribution in [0.4, 0.5) is 0 Å². The molecule has 92 valence electrons. The predicted octanol–water partition coefficient (Wildman–Crippen LogP) is -0.0272. The zero-order valence-corrected chi connectivity index (χ0v) is 9.77. The number of nitrogens with one attached hydrogen (secondary N) is 1. The van der Waals surface area contributed by atoms with Gasteiger partial charge in [0.2, 0.25) is 10.0 Å². The van der Waals surface area contributed by atoms with Crippen molar-refractivity contribution >= 4 is 16.0 Å². The second kappa shape index (κ2) is 3.92. The molecule has 2 N–H and O–H groups in total. The molecule has 6 nitrogen and oxygen atoms in total. The van der Waals surface area contributed by atoms with Crippen LogP contribution >= 0.6 is 0 Å². The van der Waals surface area contributed by atoms with Crippen molar-refractivity contribution in [3.05, 3.63) is 35.8 Å². The molecular formula is C10H11NO5S. The van der Waals surface area contributed by atoms with E-state index in [1.54, 1.807) is 12.2 Å². The lowest BCUT2D eigenvalue weighted by molar-refractivity contribution is -0.136. The number of methoxy groups -OCH3 is 1. The van der Waals surface area contributed by atoms with Crippen LogP contribution in [0.15, 0.2) is 35.8 Å². The first-order valence-corrected chi connectivity index (χ1v) is 6.40. The number of aliphatic hydroxyl groups is 1. The fourth-order valence-electron chi connectivity index (χ4n) is 1.81. The Labute approximate surface area is 98.3 Å². The lowest BCUT2D eigenvalue weighted by atomic mass is 9.96. The molecular weight excluding hydrogens is 246 g/mol. The number of hydrogen-bond acceptors (Lipinski definition) is 5. The summed E-state index contributed by atoms with van der Waals surface area (Å²) in [5, 5.41) is 8.96. The molecule has 0 bridgehead atoms. The fraction of sp³-hybridized carbons (Fsp3) is 0.300. The molecule has 0 radical (unpaired) electrons. The molecule has 1 aliphatic carbocycles. The molecule has 2 aliphatic rings. The molecule has 2 rings (SSSR count). The van der Waals surface area contributed by atoms with Crippen molar-refractivity contribution in [2.75, 3.05) is 7.11 Å². The number of hydrogen-bond donors (Lipinski definition) is 2. The van der Waals surface area contributed by atoms with E-state index >= 15 is 0 Å². The summed E-state index contributed by atoms with van der Waals surface area (Å²) in [6, 6.07) is 0. The average molecular weight is 257 g/mol. The first kappa shape index (κ1) is 11.7. The Bertz CT molecular complexity index is 543. The van der Waals surface area contributed by atoms with Gasteiger partial charge in [-0.1, -0.05) is 24.3 Å². The largest absolute Gasteiger partial charge is 0.509 e. The number of sulfonamides is 1. The molecule has 0 amide bonds. The molecule has 0 saturated carbocycles. The summed E-state index contributed by atoms with van der Waals surface area (Å²) in [4.78, 5) is 11.3. The van der Waals surface area contributed by atoms with E-state index in [4.69, 9.17) is 0 Å². The van der Waals surface area contributed by atoms with Gasteiger partial charge in [0, 0.05) is 0 Å². The molecule has 0 spiro atoms. The lowest BCUT2D eigenvalue weighted by Gasteiger charge is -2.30. The van der Waals surface area contributed by atoms with Gasteiger partial charge in [0.25, 0.3) is 0 Å². The smallest absolute Gasteiger partial charge is 0.358 e. The highest BCUT2D eigenvalue weighted by molar-refractivity contribution is 7.90. The summed E-state index contributed by atoms with van der Waals surface area (Å²) >= 11 is 0. The third-order valence-corrected chi connectivity index (χ3v) is 4.30. The fourth-order valence-corrected chi connectivity index (χ4v) is 3.32. The van der Waals surface area contributed by atoms with Gasteiger partial charge in [-0.05, 0) is 0 Å². The van der Waals surface area contributed by atoms with E-state index in [0.29, 0.717) is 0 Å². The second-order valence-electron chi connectivity index (χ2n) is 3.66. The van der Waals surface area contributed by atoms with E-state index in [1.165, 1.54) is 12.2 Å². The van der Waals surface area contributed by atoms with Crippen LogP contribution in [0.2, 0.25) is 0 Å². The van der Waals surface area contributed by atoms with Crippen molar-refractivity contribution in [1.29, 1.82) is 0 Å². The Kier molecular flexibility index (Phi) is 2.70. The highest BCUT2D eigenvalue weighted by Gasteiger charge is 2.42. The van der Waals surface area contributed by atoms with Crippen molar-refractivity contribution in [1.82, 2.24) is 4.72 Å². The van der Waals surface area contributed by atoms with Crippen molar-refractivity contribution in [2.24, 2.45) is 5.92 Å². The van der Waals surface area contributed by atoms with Crippen LogP contribution in [0, 0.1) is 5.92 Å². The van der Waals surface area contributed by atoms with Gasteiger partial charge in [-0.2, -0.15) is 0 Å². The van der Waals surface area contributed by atoms with Crippen LogP contribution < -0.4 is 4.72 Å². The number of ether oxygens (including phenoxy) is 1. The monoisotopic (exact) mass is 257 g/mol. The summed E-state index contributed by atoms with van der Waals surface area (Å²) in [6.45, 7) is 0. The Hall–Kier alpha value is -1.76. The van der Waals surface area contributed by atoms with Crippen LogP contribution in [0.1, 0.15) is 0 Å². The van der Waals surface area contributed by atoms with Gasteiger partial charge < -0.3 is 9.84 Å². The third-order valence-electron chi connectivity index (χ3n) is 2.65. The zero-order chi connectivity index (χ0) is 12.6. The molecule has 0 aromatic rings. The standard InChI is InChI=1S/C10H11NO5S/c1-16-10(13)8-9(12)6-4-2-3-5-7(6)17(14,15)11-8/h2-7,11-12H,1H3/t6-,7+/m0/s1. The minimum absolute atomic E-state index is 0.322. The third kappa shape index (κ3) is 1.82. The van der Waals surface area contributed by atoms with E-state index in [9.17, 15) is 18.3 Å². The minimum atomic E-state index is -3.73. The Morgan fingerprint density at radius 2 is 2.06 bits per heavy atom. The summed E-state index contributed by atoms with van der Waals surface area (Å²) in [5.74, 6) is -1.98. The van der Waals surface area contributed by atoms with E-state index < -0.39 is 32.9 Å². The van der Waals surface area contributed by atoms with Crippen LogP contribution in [-0.2, 0) is 19.6 Å². The molecule has 17 heavy (non-hydrogen) atoms. The molecule has 0 saturated heterocycles. The first-order valence-electron chi connectivity index (χ1n) is 4.85. The number of carbonyl (C=O) groups is 1. The first-order chi connectivity index (χ1) is 7.97. The van der Waals surface area contributed by atoms with Crippen molar-refractivity contribution in [2.45, 2.75) is 5.25 Å². The Balaban J connectivity index is 2.53. The Morgan fingerprint density at radius 1 is 1.41 bits per heavy atom. The maximum atomic E-state index is 11.8. The molecule has 7 heteroatoms. The lowest BCUT2D eigenvalue weighted by Crippen LogP contribution is -2.46. The van der Waals surface area contributed by atoms with Gasteiger partial charge in [0.15, 0.2) is 5.70 Å². The van der Waals surface area contributed by atoms with E-state index in [-0.39, 0.29) is 5.76 Å². The van der Waals surface area contributed by atoms with Gasteiger partial charge in [0.1, 0.15) is 11.0 Å². The van der Waals surface area contributed by atoms with Gasteiger partial charge in [0.05, 0.1) is 13.0 Å². The maximum Gasteiger partial charge on any atom is 0.358 e. The highest BCUT2D eigenvalue weighted by Crippen LogP contribution is 2.31. The van der Waals surface area contributed by atoms with E-state index in [2.05, 4.69) is 4.74 Å². The van der Waals surface area contributed by atoms with Crippen molar-refractivity contribution < 1.29 is 23.1 Å². The predicted molar refractivity (Wildman–Crippen MR) is 59.3 cm³/mol. The van der Waals surface area contributed by atoms with Crippen LogP contribution in [-0.4, -0.2) is 31.9 Å². The van der Waals surface area contributed by atoms with E-state index in [1.807, 2.05) is 4.72 Å². The number of fused-ring (bicyclic) bond motifs is 1. The number of carbonyl (C=O) groups excluding carboxylic acids is 1. The van der Waals surface area contributed by atoms with Crippen LogP contribution in [0.3, 0.4) is 0 Å². The van der Waals surface area contributed by atoms with Gasteiger partial charge in [-0.15, -0.1) is 0 Å². The SMILES string of the molecule is COC(=O)C1=C(O)[C@H]2C=CC=C[C@H]2S(=O)(=O)N1. The average Bonchev–Trinajstić information content (AvgIpc) is 2.33. The minimum Gasteiger partial charge on any atom is -0.509 e. The van der Waals surface area contributed by atoms with Crippen molar-refractivity contribution in [3.8, 4) is 0 Å². The van der Waals surface area contributed by atoms with Crippen molar-refractivity contribution in [3.63, 3.8) is 0 Å². The number of esters is 1. The molecule has 0 fully saturated rings. The number of allylic oxidation sites excluding steroid dienone is 3. The molecule has 1 aliphatic heterocycles. The van der Waals surface area contributed by atoms with Gasteiger partial charge in [-0.3, -0.25) is 4.72 Å². The summed E-state index contributed by atoms with van der Waals surface area (Å²) in [6.07, 6.45) is 6.18. The Morgan fingerprint density at radius 3 is 2.71 bits per heavy atom. The normalized spacial score (nSPS) is 29.5. The quantitative estimate of drug-likeness (QED) is 0.644. The molecule has 2 atom stereocenters. The van der Waals surface area contributed by atoms with E-state index in [0.717, 1.165) is 7.11 Å². The number of rotatable bonds is 1. The topological polar surface area (TPSA) is 92.7 Å². The molecule has 1 heterocycles. The number of aliphatic hydroxyl groups excluding tert-OH is 1. The molecule has 0 unspecified atom stereocenters. The maximum absolute atomic E-state index is 11.8. The highest BCUT2D eigenvalue weighted by atomic mass is 32.2. The zero-order valence-electron chi connectivity index (χ0n) is 8.95. The van der Waals surface area contributed by atoms with Gasteiger partial charge >= 0.3 is 5.97 Å². The summed E-state index contributed by atoms with van der Waals surface area (Å²) in [5.41, 5.74) is -0.423. The second-order valence-corrected chi connectivity index (χ2v) is 5.50. The van der Waals surface area contributed by atoms with Crippen LogP contribution in [0.25, 0.3) is 0 Å². The molecule has 0 aromatic heterocycles. The van der Waals surface area contributed by atoms with Gasteiger partial charge in [-0.25, -0.2) is 13.2 Å². The summed E-state index contributed by atoms with van der Waals surface area (Å²) in [7, 11) is -2.62. The summed E-state index contributed by atoms with van der Waals surface area (Å²) < 4.78 is 30.1. The molecule has 0 aromatic carbocycles.